The van der Waals surface area contributed by atoms with E-state index in [1.165, 1.54) is 24.3 Å². The number of aliphatic hydroxyl groups excluding tert-OH is 1. The summed E-state index contributed by atoms with van der Waals surface area (Å²) in [5.41, 5.74) is -0.921. The second kappa shape index (κ2) is 7.54. The molecule has 1 heterocycles. The van der Waals surface area contributed by atoms with Crippen LogP contribution < -0.4 is 5.32 Å². The quantitative estimate of drug-likeness (QED) is 0.469. The summed E-state index contributed by atoms with van der Waals surface area (Å²) in [6.45, 7) is 7.33. The van der Waals surface area contributed by atoms with Crippen molar-refractivity contribution in [1.82, 2.24) is 4.98 Å². The Hall–Kier alpha value is -2.25. The molecular formula is C21H21FIN3O3. The fourth-order valence-corrected chi connectivity index (χ4v) is 4.54. The van der Waals surface area contributed by atoms with Crippen molar-refractivity contribution in [1.29, 1.82) is 5.26 Å². The van der Waals surface area contributed by atoms with Crippen LogP contribution in [0.1, 0.15) is 43.7 Å². The van der Waals surface area contributed by atoms with Gasteiger partial charge in [-0.25, -0.2) is 14.2 Å². The van der Waals surface area contributed by atoms with E-state index in [-0.39, 0.29) is 22.8 Å². The van der Waals surface area contributed by atoms with Gasteiger partial charge >= 0.3 is 5.97 Å². The number of pyridine rings is 1. The number of carbonyl (C=O) groups is 1. The van der Waals surface area contributed by atoms with E-state index in [4.69, 9.17) is 10.00 Å². The van der Waals surface area contributed by atoms with E-state index >= 15 is 0 Å². The van der Waals surface area contributed by atoms with Crippen LogP contribution in [0.4, 0.5) is 15.9 Å². The molecule has 1 fully saturated rings. The minimum Gasteiger partial charge on any atom is -0.457 e. The van der Waals surface area contributed by atoms with Gasteiger partial charge in [-0.1, -0.05) is 27.7 Å². The standard InChI is InChI=1S/C21H21FIN3O3/c1-20(2)18(28)21(3,4)19(20)29-17(27)13-7-6-12(10-24)25-16(13)26-15-8-5-11(23)9-14(15)22/h5-9,18-19,28H,1-4H3,(H,25,26). The molecule has 0 unspecified atom stereocenters. The number of anilines is 2. The largest absolute Gasteiger partial charge is 0.457 e. The maximum absolute atomic E-state index is 14.3. The van der Waals surface area contributed by atoms with E-state index in [1.807, 2.05) is 56.4 Å². The Kier molecular flexibility index (Phi) is 5.58. The zero-order valence-corrected chi connectivity index (χ0v) is 18.6. The fraction of sp³-hybridized carbons (Fsp3) is 0.381. The summed E-state index contributed by atoms with van der Waals surface area (Å²) < 4.78 is 20.7. The van der Waals surface area contributed by atoms with Gasteiger partial charge in [0.15, 0.2) is 0 Å². The second-order valence-corrected chi connectivity index (χ2v) is 9.53. The van der Waals surface area contributed by atoms with E-state index in [1.54, 1.807) is 6.07 Å². The van der Waals surface area contributed by atoms with Crippen molar-refractivity contribution in [3.63, 3.8) is 0 Å². The first-order valence-corrected chi connectivity index (χ1v) is 10.1. The van der Waals surface area contributed by atoms with Crippen LogP contribution in [0.15, 0.2) is 30.3 Å². The lowest BCUT2D eigenvalue weighted by Gasteiger charge is -2.60. The van der Waals surface area contributed by atoms with Gasteiger partial charge in [0.25, 0.3) is 0 Å². The second-order valence-electron chi connectivity index (χ2n) is 8.28. The van der Waals surface area contributed by atoms with Crippen LogP contribution in [0.2, 0.25) is 0 Å². The minimum atomic E-state index is -0.659. The molecule has 0 radical (unpaired) electrons. The molecule has 1 aromatic carbocycles. The van der Waals surface area contributed by atoms with E-state index in [2.05, 4.69) is 10.3 Å². The zero-order chi connectivity index (χ0) is 21.6. The van der Waals surface area contributed by atoms with Crippen molar-refractivity contribution in [3.8, 4) is 6.07 Å². The SMILES string of the molecule is CC1(C)C(O)C(C)(C)C1OC(=O)c1ccc(C#N)nc1Nc1ccc(I)cc1F. The van der Waals surface area contributed by atoms with Gasteiger partial charge in [0.05, 0.1) is 11.8 Å². The van der Waals surface area contributed by atoms with Crippen LogP contribution >= 0.6 is 22.6 Å². The van der Waals surface area contributed by atoms with Crippen LogP contribution in [0.25, 0.3) is 0 Å². The van der Waals surface area contributed by atoms with Crippen molar-refractivity contribution in [2.75, 3.05) is 5.32 Å². The Labute approximate surface area is 182 Å². The lowest BCUT2D eigenvalue weighted by molar-refractivity contribution is -0.246. The van der Waals surface area contributed by atoms with Gasteiger partial charge < -0.3 is 15.2 Å². The summed E-state index contributed by atoms with van der Waals surface area (Å²) in [4.78, 5) is 17.0. The van der Waals surface area contributed by atoms with E-state index in [9.17, 15) is 14.3 Å². The van der Waals surface area contributed by atoms with E-state index in [0.29, 0.717) is 0 Å². The fourth-order valence-electron chi connectivity index (χ4n) is 4.08. The summed E-state index contributed by atoms with van der Waals surface area (Å²) in [6, 6.07) is 9.31. The monoisotopic (exact) mass is 509 g/mol. The number of aromatic nitrogens is 1. The maximum Gasteiger partial charge on any atom is 0.342 e. The third-order valence-corrected chi connectivity index (χ3v) is 6.07. The molecular weight excluding hydrogens is 488 g/mol. The summed E-state index contributed by atoms with van der Waals surface area (Å²) in [5.74, 6) is -1.14. The van der Waals surface area contributed by atoms with Gasteiger partial charge in [0, 0.05) is 14.4 Å². The van der Waals surface area contributed by atoms with Gasteiger partial charge in [0.1, 0.15) is 35.1 Å². The number of halogens is 2. The van der Waals surface area contributed by atoms with Gasteiger partial charge in [-0.2, -0.15) is 5.26 Å². The predicted molar refractivity (Wildman–Crippen MR) is 114 cm³/mol. The maximum atomic E-state index is 14.3. The van der Waals surface area contributed by atoms with Crippen LogP contribution in [0, 0.1) is 31.5 Å². The molecule has 0 amide bonds. The van der Waals surface area contributed by atoms with Gasteiger partial charge in [-0.3, -0.25) is 0 Å². The third-order valence-electron chi connectivity index (χ3n) is 5.40. The molecule has 6 nitrogen and oxygen atoms in total. The molecule has 1 aliphatic carbocycles. The molecule has 2 aromatic rings. The number of hydrogen-bond acceptors (Lipinski definition) is 6. The zero-order valence-electron chi connectivity index (χ0n) is 16.5. The number of ether oxygens (including phenoxy) is 1. The average Bonchev–Trinajstić information content (AvgIpc) is 2.67. The highest BCUT2D eigenvalue weighted by molar-refractivity contribution is 14.1. The highest BCUT2D eigenvalue weighted by Gasteiger charge is 2.63. The molecule has 1 saturated carbocycles. The summed E-state index contributed by atoms with van der Waals surface area (Å²) >= 11 is 1.99. The smallest absolute Gasteiger partial charge is 0.342 e. The first kappa shape index (κ1) is 21.5. The van der Waals surface area contributed by atoms with Crippen molar-refractivity contribution < 1.29 is 19.0 Å². The van der Waals surface area contributed by atoms with E-state index < -0.39 is 34.8 Å². The van der Waals surface area contributed by atoms with Gasteiger partial charge in [-0.05, 0) is 52.9 Å². The lowest BCUT2D eigenvalue weighted by Crippen LogP contribution is -2.68. The number of nitrogens with zero attached hydrogens (tertiary/aromatic N) is 2. The Balaban J connectivity index is 1.93. The molecule has 8 heteroatoms. The number of nitrogens with one attached hydrogen (secondary N) is 1. The summed E-state index contributed by atoms with van der Waals surface area (Å²) in [6.07, 6.45) is -1.14. The molecule has 0 aliphatic heterocycles. The number of rotatable bonds is 4. The summed E-state index contributed by atoms with van der Waals surface area (Å²) in [7, 11) is 0. The molecule has 29 heavy (non-hydrogen) atoms. The van der Waals surface area contributed by atoms with Crippen molar-refractivity contribution in [2.45, 2.75) is 39.9 Å². The highest BCUT2D eigenvalue weighted by atomic mass is 127. The van der Waals surface area contributed by atoms with Crippen LogP contribution in [-0.4, -0.2) is 28.3 Å². The molecule has 0 atom stereocenters. The van der Waals surface area contributed by atoms with E-state index in [0.717, 1.165) is 3.57 Å². The Morgan fingerprint density at radius 1 is 1.28 bits per heavy atom. The third kappa shape index (κ3) is 3.81. The summed E-state index contributed by atoms with van der Waals surface area (Å²) in [5, 5.41) is 22.3. The average molecular weight is 509 g/mol. The number of benzene rings is 1. The first-order valence-electron chi connectivity index (χ1n) is 9.00. The number of aliphatic hydroxyl groups is 1. The van der Waals surface area contributed by atoms with Crippen LogP contribution in [-0.2, 0) is 4.74 Å². The molecule has 0 spiro atoms. The number of nitriles is 1. The normalized spacial score (nSPS) is 21.6. The minimum absolute atomic E-state index is 0.0321. The van der Waals surface area contributed by atoms with Gasteiger partial charge in [0.2, 0.25) is 0 Å². The highest BCUT2D eigenvalue weighted by Crippen LogP contribution is 2.55. The number of esters is 1. The van der Waals surface area contributed by atoms with Crippen LogP contribution in [0.5, 0.6) is 0 Å². The molecule has 0 bridgehead atoms. The molecule has 2 N–H and O–H groups in total. The molecule has 1 aromatic heterocycles. The first-order chi connectivity index (χ1) is 13.5. The lowest BCUT2D eigenvalue weighted by atomic mass is 9.51. The van der Waals surface area contributed by atoms with Crippen LogP contribution in [0.3, 0.4) is 0 Å². The number of carbonyl (C=O) groups excluding carboxylic acids is 1. The molecule has 3 rings (SSSR count). The Morgan fingerprint density at radius 3 is 2.52 bits per heavy atom. The number of hydrogen-bond donors (Lipinski definition) is 2. The Morgan fingerprint density at radius 2 is 1.93 bits per heavy atom. The van der Waals surface area contributed by atoms with Gasteiger partial charge in [-0.15, -0.1) is 0 Å². The molecule has 152 valence electrons. The molecule has 0 saturated heterocycles. The van der Waals surface area contributed by atoms with Crippen molar-refractivity contribution in [3.05, 3.63) is 51.0 Å². The Bertz CT molecular complexity index is 1000. The predicted octanol–water partition coefficient (Wildman–Crippen LogP) is 4.39. The molecule has 1 aliphatic rings. The van der Waals surface area contributed by atoms with Crippen molar-refractivity contribution >= 4 is 40.1 Å². The van der Waals surface area contributed by atoms with Crippen molar-refractivity contribution in [2.24, 2.45) is 10.8 Å². The topological polar surface area (TPSA) is 95.2 Å².